The highest BCUT2D eigenvalue weighted by Crippen LogP contribution is 2.22. The van der Waals surface area contributed by atoms with Gasteiger partial charge in [-0.05, 0) is 23.6 Å². The van der Waals surface area contributed by atoms with E-state index in [0.717, 1.165) is 4.90 Å². The smallest absolute Gasteiger partial charge is 0.410 e. The number of carbonyl (C=O) groups excluding carboxylic acids is 3. The highest BCUT2D eigenvalue weighted by Gasteiger charge is 2.44. The first-order chi connectivity index (χ1) is 18.0. The summed E-state index contributed by atoms with van der Waals surface area (Å²) in [7, 11) is 1.44. The maximum absolute atomic E-state index is 12.2. The summed E-state index contributed by atoms with van der Waals surface area (Å²) in [4.78, 5) is 37.2. The van der Waals surface area contributed by atoms with Crippen LogP contribution in [0.25, 0.3) is 0 Å². The Bertz CT molecular complexity index is 881. The first kappa shape index (κ1) is 33.2. The zero-order valence-corrected chi connectivity index (χ0v) is 22.4. The minimum Gasteiger partial charge on any atom is -0.445 e. The number of amides is 3. The molecule has 1 saturated heterocycles. The molecule has 1 heterocycles. The van der Waals surface area contributed by atoms with Crippen LogP contribution in [-0.2, 0) is 30.4 Å². The average Bonchev–Trinajstić information content (AvgIpc) is 2.88. The average molecular weight is 544 g/mol. The Labute approximate surface area is 222 Å². The van der Waals surface area contributed by atoms with E-state index in [-0.39, 0.29) is 25.6 Å². The number of anilines is 1. The summed E-state index contributed by atoms with van der Waals surface area (Å²) in [5.74, 6) is -1.19. The van der Waals surface area contributed by atoms with Gasteiger partial charge in [-0.1, -0.05) is 39.8 Å². The first-order valence-electron chi connectivity index (χ1n) is 12.5. The van der Waals surface area contributed by atoms with Gasteiger partial charge in [-0.3, -0.25) is 14.5 Å². The minimum atomic E-state index is -1.56. The number of ether oxygens (including phenoxy) is 3. The Balaban J connectivity index is 0.00000352. The van der Waals surface area contributed by atoms with Crippen molar-refractivity contribution in [1.82, 2.24) is 4.90 Å². The Hall–Kier alpha value is -2.81. The number of nitrogens with zero attached hydrogens (tertiary/aromatic N) is 1. The van der Waals surface area contributed by atoms with Crippen LogP contribution in [0, 0.1) is 5.92 Å². The Kier molecular flexibility index (Phi) is 14.2. The monoisotopic (exact) mass is 543 g/mol. The molecule has 38 heavy (non-hydrogen) atoms. The van der Waals surface area contributed by atoms with E-state index in [1.165, 1.54) is 7.05 Å². The van der Waals surface area contributed by atoms with E-state index in [0.29, 0.717) is 11.3 Å². The third kappa shape index (κ3) is 9.49. The van der Waals surface area contributed by atoms with Crippen LogP contribution in [0.15, 0.2) is 24.3 Å². The topological polar surface area (TPSA) is 201 Å². The van der Waals surface area contributed by atoms with Crippen LogP contribution in [0.2, 0.25) is 0 Å². The van der Waals surface area contributed by atoms with Gasteiger partial charge >= 0.3 is 6.09 Å². The SMILES string of the molecule is CC.CC(C)C(C(N)=O)N(C)C(=O)OCc1ccc(NC(=O)CCO[C@@H]2O[C@H](CO)C(O)[C@H](O)C2O)cc1. The molecule has 13 nitrogen and oxygen atoms in total. The van der Waals surface area contributed by atoms with Gasteiger partial charge in [0.15, 0.2) is 6.29 Å². The molecule has 0 radical (unpaired) electrons. The van der Waals surface area contributed by atoms with Crippen LogP contribution in [0.1, 0.15) is 39.7 Å². The molecule has 3 amide bonds. The lowest BCUT2D eigenvalue weighted by Crippen LogP contribution is -2.59. The number of hydrogen-bond acceptors (Lipinski definition) is 10. The molecule has 3 unspecified atom stereocenters. The molecule has 1 fully saturated rings. The first-order valence-corrected chi connectivity index (χ1v) is 12.5. The molecule has 0 saturated carbocycles. The molecule has 2 rings (SSSR count). The Morgan fingerprint density at radius 2 is 1.68 bits per heavy atom. The fraction of sp³-hybridized carbons (Fsp3) is 0.640. The minimum absolute atomic E-state index is 0.0477. The van der Waals surface area contributed by atoms with Crippen molar-refractivity contribution in [2.24, 2.45) is 11.7 Å². The van der Waals surface area contributed by atoms with Crippen LogP contribution in [0.4, 0.5) is 10.5 Å². The van der Waals surface area contributed by atoms with Crippen molar-refractivity contribution in [1.29, 1.82) is 0 Å². The Morgan fingerprint density at radius 1 is 1.08 bits per heavy atom. The van der Waals surface area contributed by atoms with E-state index in [4.69, 9.17) is 19.9 Å². The van der Waals surface area contributed by atoms with E-state index in [9.17, 15) is 34.8 Å². The highest BCUT2D eigenvalue weighted by molar-refractivity contribution is 5.90. The summed E-state index contributed by atoms with van der Waals surface area (Å²) in [5.41, 5.74) is 6.49. The largest absolute Gasteiger partial charge is 0.445 e. The second-order valence-electron chi connectivity index (χ2n) is 8.82. The number of primary amides is 1. The lowest BCUT2D eigenvalue weighted by molar-refractivity contribution is -0.300. The second kappa shape index (κ2) is 16.2. The summed E-state index contributed by atoms with van der Waals surface area (Å²) in [6, 6.07) is 5.75. The van der Waals surface area contributed by atoms with Crippen LogP contribution >= 0.6 is 0 Å². The van der Waals surface area contributed by atoms with E-state index in [1.54, 1.807) is 38.1 Å². The van der Waals surface area contributed by atoms with E-state index in [2.05, 4.69) is 5.32 Å². The summed E-state index contributed by atoms with van der Waals surface area (Å²) in [6.07, 6.45) is -7.80. The molecule has 1 aliphatic rings. The van der Waals surface area contributed by atoms with Gasteiger partial charge in [0.2, 0.25) is 11.8 Å². The van der Waals surface area contributed by atoms with Crippen LogP contribution in [-0.4, -0.2) is 100 Å². The fourth-order valence-corrected chi connectivity index (χ4v) is 3.71. The van der Waals surface area contributed by atoms with Crippen LogP contribution < -0.4 is 11.1 Å². The van der Waals surface area contributed by atoms with Crippen molar-refractivity contribution < 1.29 is 49.0 Å². The number of rotatable bonds is 11. The van der Waals surface area contributed by atoms with Crippen molar-refractivity contribution in [3.05, 3.63) is 29.8 Å². The number of hydrogen-bond donors (Lipinski definition) is 6. The lowest BCUT2D eigenvalue weighted by Gasteiger charge is -2.39. The van der Waals surface area contributed by atoms with Gasteiger partial charge in [-0.15, -0.1) is 0 Å². The predicted octanol–water partition coefficient (Wildman–Crippen LogP) is -0.0638. The standard InChI is InChI=1S/C23H35N3O10.C2H6/c1-12(2)17(21(24)32)26(3)23(33)35-11-13-4-6-14(7-5-13)25-16(28)8-9-34-22-20(31)19(30)18(29)15(10-27)36-22;1-2/h4-7,12,15,17-20,22,27,29-31H,8-11H2,1-3H3,(H2,24,32)(H,25,28);1-2H3/t15-,17?,18?,19+,20?,22-;/m1./s1. The number of likely N-dealkylation sites (N-methyl/N-ethyl adjacent to an activating group) is 1. The van der Waals surface area contributed by atoms with Crippen molar-refractivity contribution in [2.45, 2.75) is 77.5 Å². The van der Waals surface area contributed by atoms with E-state index >= 15 is 0 Å². The van der Waals surface area contributed by atoms with Crippen LogP contribution in [0.5, 0.6) is 0 Å². The van der Waals surface area contributed by atoms with Gasteiger partial charge in [-0.25, -0.2) is 4.79 Å². The zero-order chi connectivity index (χ0) is 29.0. The van der Waals surface area contributed by atoms with E-state index in [1.807, 2.05) is 13.8 Å². The van der Waals surface area contributed by atoms with Crippen LogP contribution in [0.3, 0.4) is 0 Å². The predicted molar refractivity (Wildman–Crippen MR) is 137 cm³/mol. The normalized spacial score (nSPS) is 23.6. The molecule has 1 aromatic carbocycles. The van der Waals surface area contributed by atoms with Crippen molar-refractivity contribution in [2.75, 3.05) is 25.6 Å². The zero-order valence-electron chi connectivity index (χ0n) is 22.4. The molecular formula is C25H41N3O10. The fourth-order valence-electron chi connectivity index (χ4n) is 3.71. The van der Waals surface area contributed by atoms with Gasteiger partial charge in [0.1, 0.15) is 37.1 Å². The molecule has 7 N–H and O–H groups in total. The molecular weight excluding hydrogens is 502 g/mol. The van der Waals surface area contributed by atoms with Gasteiger partial charge in [0.25, 0.3) is 0 Å². The maximum atomic E-state index is 12.2. The molecule has 1 aromatic rings. The van der Waals surface area contributed by atoms with E-state index < -0.39 is 61.3 Å². The molecule has 0 spiro atoms. The number of aliphatic hydroxyl groups is 4. The quantitative estimate of drug-likeness (QED) is 0.219. The summed E-state index contributed by atoms with van der Waals surface area (Å²) >= 11 is 0. The number of benzene rings is 1. The Morgan fingerprint density at radius 3 is 2.21 bits per heavy atom. The molecule has 0 aliphatic carbocycles. The second-order valence-corrected chi connectivity index (χ2v) is 8.82. The van der Waals surface area contributed by atoms with Gasteiger partial charge < -0.3 is 45.7 Å². The molecule has 1 aliphatic heterocycles. The molecule has 13 heteroatoms. The number of aliphatic hydroxyl groups excluding tert-OH is 4. The summed E-state index contributed by atoms with van der Waals surface area (Å²) in [5, 5.41) is 41.3. The van der Waals surface area contributed by atoms with Gasteiger partial charge in [-0.2, -0.15) is 0 Å². The van der Waals surface area contributed by atoms with Gasteiger partial charge in [0, 0.05) is 12.7 Å². The molecule has 6 atom stereocenters. The van der Waals surface area contributed by atoms with Gasteiger partial charge in [0.05, 0.1) is 19.6 Å². The number of nitrogens with two attached hydrogens (primary N) is 1. The lowest BCUT2D eigenvalue weighted by atomic mass is 9.99. The highest BCUT2D eigenvalue weighted by atomic mass is 16.7. The third-order valence-corrected chi connectivity index (χ3v) is 5.69. The number of carbonyl (C=O) groups is 3. The summed E-state index contributed by atoms with van der Waals surface area (Å²) in [6.45, 7) is 6.76. The van der Waals surface area contributed by atoms with Crippen molar-refractivity contribution >= 4 is 23.6 Å². The molecule has 216 valence electrons. The third-order valence-electron chi connectivity index (χ3n) is 5.69. The van der Waals surface area contributed by atoms with Crippen molar-refractivity contribution in [3.8, 4) is 0 Å². The number of nitrogens with one attached hydrogen (secondary N) is 1. The maximum Gasteiger partial charge on any atom is 0.410 e. The van der Waals surface area contributed by atoms with Crippen molar-refractivity contribution in [3.63, 3.8) is 0 Å². The molecule has 0 bridgehead atoms. The summed E-state index contributed by atoms with van der Waals surface area (Å²) < 4.78 is 15.7. The molecule has 0 aromatic heterocycles.